The van der Waals surface area contributed by atoms with Crippen molar-refractivity contribution in [2.24, 2.45) is 0 Å². The van der Waals surface area contributed by atoms with Gasteiger partial charge >= 0.3 is 0 Å². The number of fused-ring (bicyclic) bond motifs is 6. The molecule has 0 radical (unpaired) electrons. The van der Waals surface area contributed by atoms with Crippen molar-refractivity contribution in [2.75, 3.05) is 5.32 Å². The summed E-state index contributed by atoms with van der Waals surface area (Å²) < 4.78 is 16.1. The summed E-state index contributed by atoms with van der Waals surface area (Å²) in [6.45, 7) is 4.66. The summed E-state index contributed by atoms with van der Waals surface area (Å²) in [6.07, 6.45) is 0. The number of hydrogen-bond acceptors (Lipinski definition) is 1. The second-order valence-corrected chi connectivity index (χ2v) is 11.7. The van der Waals surface area contributed by atoms with Gasteiger partial charge in [-0.15, -0.1) is 0 Å². The lowest BCUT2D eigenvalue weighted by Crippen LogP contribution is -2.15. The van der Waals surface area contributed by atoms with E-state index >= 15 is 0 Å². The Kier molecular flexibility index (Phi) is 5.39. The molecule has 6 aromatic carbocycles. The van der Waals surface area contributed by atoms with Crippen molar-refractivity contribution in [3.05, 3.63) is 150 Å². The van der Waals surface area contributed by atoms with Gasteiger partial charge in [0.2, 0.25) is 0 Å². The number of hydrogen-bond donors (Lipinski definition) is 1. The van der Waals surface area contributed by atoms with Crippen LogP contribution < -0.4 is 5.32 Å². The molecule has 1 aliphatic rings. The number of para-hydroxylation sites is 1. The molecule has 1 N–H and O–H groups in total. The average molecular weight is 545 g/mol. The molecule has 0 amide bonds. The molecule has 42 heavy (non-hydrogen) atoms. The van der Waals surface area contributed by atoms with Crippen molar-refractivity contribution in [2.45, 2.75) is 19.3 Å². The first-order valence-electron chi connectivity index (χ1n) is 14.4. The molecule has 3 heteroatoms. The molecule has 202 valence electrons. The molecule has 2 nitrogen and oxygen atoms in total. The van der Waals surface area contributed by atoms with Gasteiger partial charge in [-0.2, -0.15) is 0 Å². The van der Waals surface area contributed by atoms with Crippen LogP contribution in [0.4, 0.5) is 15.8 Å². The van der Waals surface area contributed by atoms with Crippen LogP contribution in [0, 0.1) is 5.82 Å². The second-order valence-electron chi connectivity index (χ2n) is 11.7. The predicted octanol–water partition coefficient (Wildman–Crippen LogP) is 10.6. The molecule has 0 saturated carbocycles. The third-order valence-corrected chi connectivity index (χ3v) is 8.85. The Morgan fingerprint density at radius 3 is 2.14 bits per heavy atom. The Hall–Kier alpha value is -5.15. The summed E-state index contributed by atoms with van der Waals surface area (Å²) in [7, 11) is 0. The molecule has 7 aromatic rings. The lowest BCUT2D eigenvalue weighted by atomic mass is 9.82. The summed E-state index contributed by atoms with van der Waals surface area (Å²) in [5.41, 5.74) is 12.7. The lowest BCUT2D eigenvalue weighted by molar-refractivity contribution is 0.628. The highest BCUT2D eigenvalue weighted by atomic mass is 19.1. The molecule has 1 aliphatic carbocycles. The molecule has 0 saturated heterocycles. The minimum absolute atomic E-state index is 0.0894. The number of anilines is 2. The molecular weight excluding hydrogens is 515 g/mol. The van der Waals surface area contributed by atoms with E-state index in [-0.39, 0.29) is 11.2 Å². The molecule has 0 unspecified atom stereocenters. The molecule has 8 rings (SSSR count). The topological polar surface area (TPSA) is 17.0 Å². The molecule has 0 bridgehead atoms. The first-order valence-corrected chi connectivity index (χ1v) is 14.4. The number of nitrogens with zero attached hydrogens (tertiary/aromatic N) is 1. The highest BCUT2D eigenvalue weighted by Crippen LogP contribution is 2.51. The highest BCUT2D eigenvalue weighted by Gasteiger charge is 2.36. The maximum atomic E-state index is 13.7. The van der Waals surface area contributed by atoms with Gasteiger partial charge in [-0.05, 0) is 82.4 Å². The van der Waals surface area contributed by atoms with Crippen LogP contribution in [-0.2, 0) is 5.41 Å². The number of nitrogens with one attached hydrogen (secondary N) is 1. The van der Waals surface area contributed by atoms with E-state index in [0.29, 0.717) is 0 Å². The first-order chi connectivity index (χ1) is 20.5. The van der Waals surface area contributed by atoms with E-state index in [0.717, 1.165) is 28.2 Å². The number of halogens is 1. The second kappa shape index (κ2) is 9.19. The molecule has 1 aromatic heterocycles. The smallest absolute Gasteiger partial charge is 0.123 e. The Bertz CT molecular complexity index is 2140. The van der Waals surface area contributed by atoms with Crippen molar-refractivity contribution in [1.29, 1.82) is 0 Å². The van der Waals surface area contributed by atoms with Gasteiger partial charge in [0.1, 0.15) is 5.82 Å². The largest absolute Gasteiger partial charge is 0.355 e. The van der Waals surface area contributed by atoms with Gasteiger partial charge in [-0.1, -0.05) is 92.7 Å². The van der Waals surface area contributed by atoms with Crippen molar-refractivity contribution < 1.29 is 4.39 Å². The van der Waals surface area contributed by atoms with Gasteiger partial charge in [0, 0.05) is 38.8 Å². The van der Waals surface area contributed by atoms with Crippen molar-refractivity contribution in [3.63, 3.8) is 0 Å². The zero-order valence-electron chi connectivity index (χ0n) is 23.5. The van der Waals surface area contributed by atoms with E-state index < -0.39 is 0 Å². The highest BCUT2D eigenvalue weighted by molar-refractivity contribution is 6.11. The Labute approximate surface area is 244 Å². The van der Waals surface area contributed by atoms with Gasteiger partial charge < -0.3 is 9.88 Å². The monoisotopic (exact) mass is 544 g/mol. The standard InChI is InChI=1S/C39H29FN2/c1-39(2)34-14-8-6-12-30(34)32-23-33-31-13-7-9-15-37(31)42(38(33)24-35(32)39)28-20-21-29(25-10-4-3-5-11-25)36(22-28)41-27-18-16-26(40)17-19-27/h3-24,41H,1-2H3. The number of rotatable bonds is 4. The quantitative estimate of drug-likeness (QED) is 0.233. The molecule has 0 fully saturated rings. The van der Waals surface area contributed by atoms with Crippen LogP contribution in [0.5, 0.6) is 0 Å². The van der Waals surface area contributed by atoms with E-state index in [2.05, 4.69) is 127 Å². The van der Waals surface area contributed by atoms with Crippen LogP contribution in [0.3, 0.4) is 0 Å². The first kappa shape index (κ1) is 24.6. The van der Waals surface area contributed by atoms with Crippen LogP contribution in [0.15, 0.2) is 133 Å². The fraction of sp³-hybridized carbons (Fsp3) is 0.0769. The van der Waals surface area contributed by atoms with Gasteiger partial charge in [0.25, 0.3) is 0 Å². The van der Waals surface area contributed by atoms with Crippen LogP contribution in [0.2, 0.25) is 0 Å². The fourth-order valence-electron chi connectivity index (χ4n) is 6.77. The zero-order valence-corrected chi connectivity index (χ0v) is 23.5. The van der Waals surface area contributed by atoms with E-state index in [4.69, 9.17) is 0 Å². The SMILES string of the molecule is CC1(C)c2ccccc2-c2cc3c4ccccc4n(-c4ccc(-c5ccccc5)c(Nc5ccc(F)cc5)c4)c3cc21. The van der Waals surface area contributed by atoms with Gasteiger partial charge in [0.05, 0.1) is 11.0 Å². The van der Waals surface area contributed by atoms with Crippen LogP contribution >= 0.6 is 0 Å². The molecule has 0 aliphatic heterocycles. The van der Waals surface area contributed by atoms with Crippen LogP contribution in [-0.4, -0.2) is 4.57 Å². The van der Waals surface area contributed by atoms with Gasteiger partial charge in [0.15, 0.2) is 0 Å². The van der Waals surface area contributed by atoms with Gasteiger partial charge in [-0.3, -0.25) is 0 Å². The third kappa shape index (κ3) is 3.70. The normalized spacial score (nSPS) is 13.3. The van der Waals surface area contributed by atoms with Crippen molar-refractivity contribution in [3.8, 4) is 27.9 Å². The Balaban J connectivity index is 1.38. The summed E-state index contributed by atoms with van der Waals surface area (Å²) in [6, 6.07) is 45.8. The molecule has 1 heterocycles. The van der Waals surface area contributed by atoms with E-state index in [9.17, 15) is 4.39 Å². The van der Waals surface area contributed by atoms with Crippen LogP contribution in [0.1, 0.15) is 25.0 Å². The third-order valence-electron chi connectivity index (χ3n) is 8.85. The Morgan fingerprint density at radius 2 is 1.31 bits per heavy atom. The lowest BCUT2D eigenvalue weighted by Gasteiger charge is -2.22. The van der Waals surface area contributed by atoms with Crippen molar-refractivity contribution >= 4 is 33.2 Å². The average Bonchev–Trinajstić information content (AvgIpc) is 3.46. The summed E-state index contributed by atoms with van der Waals surface area (Å²) in [4.78, 5) is 0. The minimum Gasteiger partial charge on any atom is -0.355 e. The fourth-order valence-corrected chi connectivity index (χ4v) is 6.77. The molecule has 0 spiro atoms. The maximum Gasteiger partial charge on any atom is 0.123 e. The van der Waals surface area contributed by atoms with E-state index in [1.807, 2.05) is 6.07 Å². The number of aromatic nitrogens is 1. The van der Waals surface area contributed by atoms with E-state index in [1.54, 1.807) is 12.1 Å². The van der Waals surface area contributed by atoms with E-state index in [1.165, 1.54) is 56.2 Å². The minimum atomic E-state index is -0.250. The molecule has 0 atom stereocenters. The summed E-state index contributed by atoms with van der Waals surface area (Å²) >= 11 is 0. The predicted molar refractivity (Wildman–Crippen MR) is 173 cm³/mol. The molecular formula is C39H29FN2. The summed E-state index contributed by atoms with van der Waals surface area (Å²) in [5, 5.41) is 6.06. The summed E-state index contributed by atoms with van der Waals surface area (Å²) in [5.74, 6) is -0.250. The van der Waals surface area contributed by atoms with Crippen molar-refractivity contribution in [1.82, 2.24) is 4.57 Å². The number of benzene rings is 6. The Morgan fingerprint density at radius 1 is 0.571 bits per heavy atom. The van der Waals surface area contributed by atoms with Gasteiger partial charge in [-0.25, -0.2) is 4.39 Å². The zero-order chi connectivity index (χ0) is 28.4. The maximum absolute atomic E-state index is 13.7. The van der Waals surface area contributed by atoms with Crippen LogP contribution in [0.25, 0.3) is 49.7 Å².